The molecule has 3 aromatic carbocycles. The molecular formula is C24H18F3NO6. The second kappa shape index (κ2) is 9.05. The minimum atomic E-state index is -2.84. The van der Waals surface area contributed by atoms with E-state index in [1.165, 1.54) is 6.07 Å². The maximum atomic E-state index is 14.9. The number of aliphatic carboxylic acids is 1. The largest absolute Gasteiger partial charge is 0.492 e. The molecule has 0 atom stereocenters. The monoisotopic (exact) mass is 473 g/mol. The van der Waals surface area contributed by atoms with E-state index in [1.807, 2.05) is 0 Å². The molecule has 0 aliphatic carbocycles. The van der Waals surface area contributed by atoms with Crippen LogP contribution in [0.5, 0.6) is 11.5 Å². The van der Waals surface area contributed by atoms with Crippen molar-refractivity contribution < 1.29 is 42.1 Å². The topological polar surface area (TPSA) is 93.1 Å². The van der Waals surface area contributed by atoms with Gasteiger partial charge in [-0.05, 0) is 24.6 Å². The molecular weight excluding hydrogens is 455 g/mol. The zero-order chi connectivity index (χ0) is 24.6. The molecule has 0 bridgehead atoms. The lowest BCUT2D eigenvalue weighted by Gasteiger charge is -2.16. The summed E-state index contributed by atoms with van der Waals surface area (Å²) < 4.78 is 51.8. The Morgan fingerprint density at radius 2 is 1.59 bits per heavy atom. The summed E-state index contributed by atoms with van der Waals surface area (Å²) in [5.74, 6) is -4.23. The number of carbonyl (C=O) groups is 3. The average molecular weight is 473 g/mol. The van der Waals surface area contributed by atoms with Crippen molar-refractivity contribution >= 4 is 34.2 Å². The van der Waals surface area contributed by atoms with Crippen LogP contribution in [0.3, 0.4) is 0 Å². The fourth-order valence-electron chi connectivity index (χ4n) is 3.93. The number of benzene rings is 3. The molecule has 1 aliphatic heterocycles. The number of imide groups is 1. The van der Waals surface area contributed by atoms with E-state index >= 15 is 0 Å². The summed E-state index contributed by atoms with van der Waals surface area (Å²) in [5.41, 5.74) is -0.802. The van der Waals surface area contributed by atoms with Crippen LogP contribution in [0.1, 0.15) is 33.2 Å². The SMILES string of the molecule is CCOc1c2c(c(OCC(F)F)c3ccccc13)C(=O)N(c1ccc(CC(=O)O)cc1F)C2=O. The molecule has 34 heavy (non-hydrogen) atoms. The Kier molecular flexibility index (Phi) is 6.14. The van der Waals surface area contributed by atoms with Crippen LogP contribution in [0.4, 0.5) is 18.9 Å². The van der Waals surface area contributed by atoms with E-state index in [2.05, 4.69) is 0 Å². The van der Waals surface area contributed by atoms with Crippen molar-refractivity contribution in [1.29, 1.82) is 0 Å². The lowest BCUT2D eigenvalue weighted by atomic mass is 9.99. The first kappa shape index (κ1) is 23.1. The number of fused-ring (bicyclic) bond motifs is 2. The highest BCUT2D eigenvalue weighted by Gasteiger charge is 2.44. The van der Waals surface area contributed by atoms with Crippen LogP contribution < -0.4 is 14.4 Å². The maximum Gasteiger partial charge on any atom is 0.307 e. The first-order valence-electron chi connectivity index (χ1n) is 10.3. The van der Waals surface area contributed by atoms with Gasteiger partial charge >= 0.3 is 5.97 Å². The Morgan fingerprint density at radius 3 is 2.09 bits per heavy atom. The quantitative estimate of drug-likeness (QED) is 0.486. The fraction of sp³-hybridized carbons (Fsp3) is 0.208. The van der Waals surface area contributed by atoms with Gasteiger partial charge in [0.15, 0.2) is 0 Å². The fourth-order valence-corrected chi connectivity index (χ4v) is 3.93. The van der Waals surface area contributed by atoms with Crippen molar-refractivity contribution in [3.05, 3.63) is 65.0 Å². The van der Waals surface area contributed by atoms with Crippen molar-refractivity contribution in [1.82, 2.24) is 0 Å². The van der Waals surface area contributed by atoms with Crippen molar-refractivity contribution in [2.24, 2.45) is 0 Å². The summed E-state index contributed by atoms with van der Waals surface area (Å²) in [7, 11) is 0. The first-order chi connectivity index (χ1) is 16.2. The summed E-state index contributed by atoms with van der Waals surface area (Å²) in [5, 5.41) is 9.56. The van der Waals surface area contributed by atoms with Gasteiger partial charge < -0.3 is 14.6 Å². The number of alkyl halides is 2. The van der Waals surface area contributed by atoms with E-state index in [1.54, 1.807) is 31.2 Å². The number of carbonyl (C=O) groups excluding carboxylic acids is 2. The van der Waals surface area contributed by atoms with Gasteiger partial charge in [-0.3, -0.25) is 14.4 Å². The molecule has 0 spiro atoms. The standard InChI is InChI=1S/C24H18F3NO6/c1-2-33-21-13-5-3-4-6-14(13)22(34-11-17(26)27)20-19(21)23(31)28(24(20)32)16-8-7-12(9-15(16)25)10-18(29)30/h3-9,17H,2,10-11H2,1H3,(H,29,30). The predicted molar refractivity (Wildman–Crippen MR) is 115 cm³/mol. The number of carboxylic acids is 1. The molecule has 3 aromatic rings. The van der Waals surface area contributed by atoms with Gasteiger partial charge in [0, 0.05) is 10.8 Å². The molecule has 0 fully saturated rings. The van der Waals surface area contributed by atoms with Crippen LogP contribution >= 0.6 is 0 Å². The summed E-state index contributed by atoms with van der Waals surface area (Å²) in [4.78, 5) is 38.3. The molecule has 1 N–H and O–H groups in total. The van der Waals surface area contributed by atoms with Crippen LogP contribution in [0.25, 0.3) is 10.8 Å². The molecule has 2 amide bonds. The number of carboxylic acid groups (broad SMARTS) is 1. The Morgan fingerprint density at radius 1 is 1.00 bits per heavy atom. The number of rotatable bonds is 8. The van der Waals surface area contributed by atoms with Crippen LogP contribution in [0.2, 0.25) is 0 Å². The smallest absolute Gasteiger partial charge is 0.307 e. The normalized spacial score (nSPS) is 13.0. The summed E-state index contributed by atoms with van der Waals surface area (Å²) in [6, 6.07) is 9.71. The molecule has 0 radical (unpaired) electrons. The molecule has 10 heteroatoms. The third-order valence-corrected chi connectivity index (χ3v) is 5.21. The Balaban J connectivity index is 1.92. The van der Waals surface area contributed by atoms with E-state index in [4.69, 9.17) is 14.6 Å². The van der Waals surface area contributed by atoms with E-state index < -0.39 is 48.7 Å². The van der Waals surface area contributed by atoms with Crippen molar-refractivity contribution in [3.63, 3.8) is 0 Å². The van der Waals surface area contributed by atoms with E-state index in [0.29, 0.717) is 10.3 Å². The number of halogens is 3. The number of amides is 2. The molecule has 0 aromatic heterocycles. The van der Waals surface area contributed by atoms with Gasteiger partial charge in [-0.15, -0.1) is 0 Å². The molecule has 0 saturated carbocycles. The van der Waals surface area contributed by atoms with Crippen LogP contribution in [0.15, 0.2) is 42.5 Å². The van der Waals surface area contributed by atoms with Gasteiger partial charge in [-0.2, -0.15) is 0 Å². The Labute approximate surface area is 191 Å². The number of hydrogen-bond donors (Lipinski definition) is 1. The second-order valence-electron chi connectivity index (χ2n) is 7.39. The molecule has 7 nitrogen and oxygen atoms in total. The van der Waals surface area contributed by atoms with Crippen LogP contribution in [-0.4, -0.2) is 42.5 Å². The van der Waals surface area contributed by atoms with Crippen LogP contribution in [0, 0.1) is 5.82 Å². The van der Waals surface area contributed by atoms with Gasteiger partial charge in [0.2, 0.25) is 0 Å². The minimum absolute atomic E-state index is 0.0567. The third kappa shape index (κ3) is 3.91. The summed E-state index contributed by atoms with van der Waals surface area (Å²) in [6.45, 7) is 0.778. The zero-order valence-corrected chi connectivity index (χ0v) is 17.8. The van der Waals surface area contributed by atoms with Gasteiger partial charge in [-0.25, -0.2) is 18.1 Å². The molecule has 0 saturated heterocycles. The maximum absolute atomic E-state index is 14.9. The number of ether oxygens (including phenoxy) is 2. The van der Waals surface area contributed by atoms with Gasteiger partial charge in [0.25, 0.3) is 18.2 Å². The number of hydrogen-bond acceptors (Lipinski definition) is 5. The van der Waals surface area contributed by atoms with Crippen LogP contribution in [-0.2, 0) is 11.2 Å². The lowest BCUT2D eigenvalue weighted by Crippen LogP contribution is -2.30. The Hall–Kier alpha value is -4.08. The lowest BCUT2D eigenvalue weighted by molar-refractivity contribution is -0.136. The molecule has 176 valence electrons. The molecule has 1 heterocycles. The number of nitrogens with zero attached hydrogens (tertiary/aromatic N) is 1. The van der Waals surface area contributed by atoms with Gasteiger partial charge in [0.05, 0.1) is 29.8 Å². The Bertz CT molecular complexity index is 1320. The van der Waals surface area contributed by atoms with E-state index in [0.717, 1.165) is 12.1 Å². The highest BCUT2D eigenvalue weighted by Crippen LogP contribution is 2.46. The van der Waals surface area contributed by atoms with Crippen molar-refractivity contribution in [3.8, 4) is 11.5 Å². The predicted octanol–water partition coefficient (Wildman–Crippen LogP) is 4.45. The minimum Gasteiger partial charge on any atom is -0.492 e. The third-order valence-electron chi connectivity index (χ3n) is 5.21. The van der Waals surface area contributed by atoms with E-state index in [-0.39, 0.29) is 40.2 Å². The molecule has 4 rings (SSSR count). The first-order valence-corrected chi connectivity index (χ1v) is 10.3. The van der Waals surface area contributed by atoms with E-state index in [9.17, 15) is 27.6 Å². The highest BCUT2D eigenvalue weighted by atomic mass is 19.3. The molecule has 1 aliphatic rings. The highest BCUT2D eigenvalue weighted by molar-refractivity contribution is 6.38. The summed E-state index contributed by atoms with van der Waals surface area (Å²) in [6.07, 6.45) is -3.30. The van der Waals surface area contributed by atoms with Gasteiger partial charge in [-0.1, -0.05) is 30.3 Å². The number of anilines is 1. The molecule has 0 unspecified atom stereocenters. The van der Waals surface area contributed by atoms with Crippen molar-refractivity contribution in [2.45, 2.75) is 19.8 Å². The second-order valence-corrected chi connectivity index (χ2v) is 7.39. The van der Waals surface area contributed by atoms with Crippen molar-refractivity contribution in [2.75, 3.05) is 18.1 Å². The van der Waals surface area contributed by atoms with Gasteiger partial charge in [0.1, 0.15) is 23.9 Å². The zero-order valence-electron chi connectivity index (χ0n) is 17.8. The average Bonchev–Trinajstić information content (AvgIpc) is 3.03. The summed E-state index contributed by atoms with van der Waals surface area (Å²) >= 11 is 0.